The number of phenolic OH excluding ortho intramolecular Hbond substituents is 3. The third-order valence-corrected chi connectivity index (χ3v) is 11.7. The maximum Gasteiger partial charge on any atom is 0.328 e. The second-order valence-corrected chi connectivity index (χ2v) is 15.6. The molecule has 2 aliphatic carbocycles. The van der Waals surface area contributed by atoms with Crippen LogP contribution in [-0.4, -0.2) is 174 Å². The summed E-state index contributed by atoms with van der Waals surface area (Å²) in [6.45, 7) is 1.24. The number of carbonyl (C=O) groups is 5. The lowest BCUT2D eigenvalue weighted by Gasteiger charge is -2.48. The van der Waals surface area contributed by atoms with Crippen LogP contribution in [0.25, 0.3) is 11.1 Å². The SMILES string of the molecule is COc1cc(O)c2c(c1)C(=O)c1c(cc3c(c1O)-c1c(cc(C)c(C(=O)NC(CO)C(=O)O)c1O)[C@H](OC1OC(C)C(N(C)C=O)C(OC4OCC(O)C(O)C4O)C1O)[C@H]3O)C2=O. The number of aryl methyl sites for hydroxylation is 1. The largest absolute Gasteiger partial charge is 0.507 e. The highest BCUT2D eigenvalue weighted by atomic mass is 16.7. The molecule has 2 amide bonds. The van der Waals surface area contributed by atoms with Gasteiger partial charge in [-0.15, -0.1) is 0 Å². The fourth-order valence-electron chi connectivity index (χ4n) is 8.60. The van der Waals surface area contributed by atoms with Crippen molar-refractivity contribution in [1.29, 1.82) is 0 Å². The molecule has 3 aromatic carbocycles. The molecule has 12 atom stereocenters. The third kappa shape index (κ3) is 7.42. The lowest BCUT2D eigenvalue weighted by atomic mass is 9.74. The number of aromatic hydroxyl groups is 3. The van der Waals surface area contributed by atoms with Gasteiger partial charge >= 0.3 is 5.97 Å². The summed E-state index contributed by atoms with van der Waals surface area (Å²) >= 11 is 0. The van der Waals surface area contributed by atoms with Crippen molar-refractivity contribution in [3.05, 3.63) is 68.8 Å². The quantitative estimate of drug-likeness (QED) is 0.0743. The van der Waals surface area contributed by atoms with E-state index in [1.165, 1.54) is 34.1 Å². The molecule has 22 heteroatoms. The van der Waals surface area contributed by atoms with Crippen LogP contribution in [-0.2, 0) is 28.5 Å². The predicted molar refractivity (Wildman–Crippen MR) is 207 cm³/mol. The number of carboxylic acids is 1. The number of phenols is 3. The van der Waals surface area contributed by atoms with E-state index in [1.54, 1.807) is 0 Å². The Balaban J connectivity index is 1.38. The van der Waals surface area contributed by atoms with Gasteiger partial charge in [-0.1, -0.05) is 6.07 Å². The standard InChI is InChI=1S/C41H44N2O20/c1-12-5-18-25(32(52)22(12)38(56)42-19(9-44)39(57)58)24-16(8-17-26(33(24)53)29(49)15-6-14(59-4)7-20(46)23(15)28(17)48)30(50)36(18)62-41-35(55)37(27(13(2)61-41)43(3)11-45)63-40-34(54)31(51)21(47)10-60-40/h5-8,11,13,19,21,27,30-31,34-37,40-41,44,46-47,50-55H,9-10H2,1-4H3,(H,42,56)(H,57,58)/t13?,19?,21?,27?,30-,31?,34?,35?,36-,37?,40?,41?/m0/s1. The van der Waals surface area contributed by atoms with Crippen molar-refractivity contribution in [1.82, 2.24) is 10.2 Å². The highest BCUT2D eigenvalue weighted by Crippen LogP contribution is 2.57. The molecule has 11 N–H and O–H groups in total. The van der Waals surface area contributed by atoms with Gasteiger partial charge in [-0.25, -0.2) is 4.79 Å². The van der Waals surface area contributed by atoms with E-state index >= 15 is 0 Å². The Morgan fingerprint density at radius 1 is 0.889 bits per heavy atom. The minimum atomic E-state index is -1.98. The second kappa shape index (κ2) is 17.1. The number of amides is 2. The van der Waals surface area contributed by atoms with Gasteiger partial charge in [0.15, 0.2) is 30.2 Å². The number of hydrogen-bond donors (Lipinski definition) is 11. The number of likely N-dealkylation sites (N-methyl/N-ethyl adjacent to an activating group) is 1. The number of carboxylic acid groups (broad SMARTS) is 1. The van der Waals surface area contributed by atoms with Crippen LogP contribution < -0.4 is 10.1 Å². The maximum absolute atomic E-state index is 14.1. The number of carbonyl (C=O) groups excluding carboxylic acids is 4. The minimum absolute atomic E-state index is 0.0163. The first-order chi connectivity index (χ1) is 29.8. The highest BCUT2D eigenvalue weighted by molar-refractivity contribution is 6.31. The third-order valence-electron chi connectivity index (χ3n) is 11.7. The molecule has 10 unspecified atom stereocenters. The molecule has 7 rings (SSSR count). The molecule has 4 aliphatic rings. The summed E-state index contributed by atoms with van der Waals surface area (Å²) in [5.41, 5.74) is -4.14. The van der Waals surface area contributed by atoms with Crippen LogP contribution in [0.15, 0.2) is 24.3 Å². The van der Waals surface area contributed by atoms with Gasteiger partial charge in [-0.05, 0) is 42.7 Å². The lowest BCUT2D eigenvalue weighted by molar-refractivity contribution is -0.344. The Hall–Kier alpha value is -5.79. The van der Waals surface area contributed by atoms with Gasteiger partial charge in [-0.3, -0.25) is 19.2 Å². The fourth-order valence-corrected chi connectivity index (χ4v) is 8.60. The summed E-state index contributed by atoms with van der Waals surface area (Å²) in [5, 5.41) is 111. The molecule has 3 aromatic rings. The molecule has 63 heavy (non-hydrogen) atoms. The van der Waals surface area contributed by atoms with E-state index in [9.17, 15) is 75.0 Å². The number of rotatable bonds is 11. The molecule has 2 aliphatic heterocycles. The Morgan fingerprint density at radius 2 is 1.54 bits per heavy atom. The molecular weight excluding hydrogens is 840 g/mol. The minimum Gasteiger partial charge on any atom is -0.507 e. The zero-order valence-electron chi connectivity index (χ0n) is 33.7. The van der Waals surface area contributed by atoms with Gasteiger partial charge in [0.25, 0.3) is 5.91 Å². The molecule has 2 heterocycles. The highest BCUT2D eigenvalue weighted by Gasteiger charge is 2.52. The Labute approximate surface area is 356 Å². The van der Waals surface area contributed by atoms with E-state index in [2.05, 4.69) is 5.32 Å². The van der Waals surface area contributed by atoms with Gasteiger partial charge in [0.1, 0.15) is 65.7 Å². The van der Waals surface area contributed by atoms with Crippen LogP contribution in [0.4, 0.5) is 0 Å². The van der Waals surface area contributed by atoms with Crippen LogP contribution >= 0.6 is 0 Å². The van der Waals surface area contributed by atoms with E-state index in [0.29, 0.717) is 6.41 Å². The topological polar surface area (TPSA) is 349 Å². The number of aliphatic hydroxyl groups is 6. The zero-order chi connectivity index (χ0) is 46.1. The Bertz CT molecular complexity index is 2390. The summed E-state index contributed by atoms with van der Waals surface area (Å²) in [4.78, 5) is 66.6. The van der Waals surface area contributed by atoms with Crippen molar-refractivity contribution >= 4 is 29.9 Å². The Kier molecular flexibility index (Phi) is 12.3. The van der Waals surface area contributed by atoms with E-state index in [0.717, 1.165) is 23.1 Å². The number of aliphatic hydroxyl groups excluding tert-OH is 6. The smallest absolute Gasteiger partial charge is 0.328 e. The molecule has 2 saturated heterocycles. The van der Waals surface area contributed by atoms with Gasteiger partial charge in [0, 0.05) is 35.4 Å². The first-order valence-corrected chi connectivity index (χ1v) is 19.3. The molecule has 2 fully saturated rings. The summed E-state index contributed by atoms with van der Waals surface area (Å²) in [6, 6.07) is 1.49. The molecule has 0 bridgehead atoms. The Morgan fingerprint density at radius 3 is 2.17 bits per heavy atom. The normalized spacial score (nSPS) is 29.1. The predicted octanol–water partition coefficient (Wildman–Crippen LogP) is -1.77. The molecule has 0 spiro atoms. The molecule has 338 valence electrons. The molecule has 0 aromatic heterocycles. The zero-order valence-corrected chi connectivity index (χ0v) is 33.7. The average molecular weight is 885 g/mol. The molecule has 0 radical (unpaired) electrons. The van der Waals surface area contributed by atoms with Crippen molar-refractivity contribution in [2.24, 2.45) is 0 Å². The summed E-state index contributed by atoms with van der Waals surface area (Å²) in [7, 11) is 2.58. The van der Waals surface area contributed by atoms with Crippen LogP contribution in [0.3, 0.4) is 0 Å². The fraction of sp³-hybridized carbons (Fsp3) is 0.439. The van der Waals surface area contributed by atoms with Crippen LogP contribution in [0.5, 0.6) is 23.0 Å². The number of nitrogens with one attached hydrogen (secondary N) is 1. The van der Waals surface area contributed by atoms with Crippen LogP contribution in [0, 0.1) is 6.92 Å². The molecule has 22 nitrogen and oxygen atoms in total. The summed E-state index contributed by atoms with van der Waals surface area (Å²) in [5.74, 6) is -7.37. The van der Waals surface area contributed by atoms with Gasteiger partial charge < -0.3 is 85.0 Å². The van der Waals surface area contributed by atoms with Gasteiger partial charge in [0.05, 0.1) is 49.2 Å². The molecular formula is C41H44N2O20. The second-order valence-electron chi connectivity index (χ2n) is 15.6. The first-order valence-electron chi connectivity index (χ1n) is 19.3. The lowest BCUT2D eigenvalue weighted by Crippen LogP contribution is -2.65. The monoisotopic (exact) mass is 884 g/mol. The summed E-state index contributed by atoms with van der Waals surface area (Å²) in [6.07, 6.45) is -16.5. The average Bonchev–Trinajstić information content (AvgIpc) is 3.24. The maximum atomic E-state index is 14.1. The number of ether oxygens (including phenoxy) is 5. The van der Waals surface area contributed by atoms with Gasteiger partial charge in [-0.2, -0.15) is 0 Å². The van der Waals surface area contributed by atoms with E-state index < -0.39 is 161 Å². The van der Waals surface area contributed by atoms with E-state index in [1.807, 2.05) is 0 Å². The number of ketones is 2. The van der Waals surface area contributed by atoms with Crippen molar-refractivity contribution in [3.63, 3.8) is 0 Å². The number of fused-ring (bicyclic) bond motifs is 5. The number of hydrogen-bond acceptors (Lipinski definition) is 19. The van der Waals surface area contributed by atoms with E-state index in [4.69, 9.17) is 23.7 Å². The van der Waals surface area contributed by atoms with E-state index in [-0.39, 0.29) is 28.0 Å². The van der Waals surface area contributed by atoms with Crippen LogP contribution in [0.1, 0.15) is 78.0 Å². The van der Waals surface area contributed by atoms with Crippen LogP contribution in [0.2, 0.25) is 0 Å². The van der Waals surface area contributed by atoms with Crippen molar-refractivity contribution in [3.8, 4) is 34.1 Å². The van der Waals surface area contributed by atoms with Crippen molar-refractivity contribution < 1.29 is 98.7 Å². The first kappa shape index (κ1) is 45.2. The number of nitrogens with zero attached hydrogens (tertiary/aromatic N) is 1. The van der Waals surface area contributed by atoms with Crippen molar-refractivity contribution in [2.75, 3.05) is 27.4 Å². The summed E-state index contributed by atoms with van der Waals surface area (Å²) < 4.78 is 28.8. The number of methoxy groups -OCH3 is 1. The molecule has 0 saturated carbocycles. The number of benzene rings is 3. The van der Waals surface area contributed by atoms with Gasteiger partial charge in [0.2, 0.25) is 6.41 Å². The van der Waals surface area contributed by atoms with Crippen molar-refractivity contribution in [2.45, 2.75) is 87.3 Å². The number of aliphatic carboxylic acids is 1.